The van der Waals surface area contributed by atoms with Crippen LogP contribution in [0.25, 0.3) is 0 Å². The van der Waals surface area contributed by atoms with Gasteiger partial charge in [0.2, 0.25) is 11.8 Å². The van der Waals surface area contributed by atoms with Crippen molar-refractivity contribution in [2.45, 2.75) is 38.0 Å². The summed E-state index contributed by atoms with van der Waals surface area (Å²) in [6, 6.07) is 11.3. The summed E-state index contributed by atoms with van der Waals surface area (Å²) in [6.07, 6.45) is 3.20. The lowest BCUT2D eigenvalue weighted by Crippen LogP contribution is -2.41. The predicted octanol–water partition coefficient (Wildman–Crippen LogP) is 4.01. The van der Waals surface area contributed by atoms with Gasteiger partial charge in [-0.3, -0.25) is 14.4 Å². The van der Waals surface area contributed by atoms with Crippen LogP contribution in [-0.4, -0.2) is 48.0 Å². The number of nitrogens with zero attached hydrogens (tertiary/aromatic N) is 2. The highest BCUT2D eigenvalue weighted by Crippen LogP contribution is 2.36. The largest absolute Gasteiger partial charge is 0.339 e. The predicted molar refractivity (Wildman–Crippen MR) is 124 cm³/mol. The van der Waals surface area contributed by atoms with Crippen molar-refractivity contribution >= 4 is 40.9 Å². The molecular formula is C24H27N3O3S. The molecule has 1 saturated heterocycles. The number of benzene rings is 2. The van der Waals surface area contributed by atoms with Crippen LogP contribution in [0.3, 0.4) is 0 Å². The van der Waals surface area contributed by atoms with E-state index in [0.717, 1.165) is 54.1 Å². The van der Waals surface area contributed by atoms with Crippen molar-refractivity contribution in [2.24, 2.45) is 0 Å². The van der Waals surface area contributed by atoms with Crippen molar-refractivity contribution < 1.29 is 14.4 Å². The smallest absolute Gasteiger partial charge is 0.253 e. The topological polar surface area (TPSA) is 69.7 Å². The summed E-state index contributed by atoms with van der Waals surface area (Å²) in [5.41, 5.74) is 4.04. The summed E-state index contributed by atoms with van der Waals surface area (Å²) in [7, 11) is 0. The summed E-state index contributed by atoms with van der Waals surface area (Å²) in [4.78, 5) is 42.6. The van der Waals surface area contributed by atoms with E-state index in [4.69, 9.17) is 0 Å². The molecule has 0 spiro atoms. The first-order valence-corrected chi connectivity index (χ1v) is 11.6. The van der Waals surface area contributed by atoms with E-state index >= 15 is 0 Å². The molecule has 1 fully saturated rings. The molecule has 0 unspecified atom stereocenters. The van der Waals surface area contributed by atoms with Crippen LogP contribution in [0.1, 0.15) is 40.7 Å². The lowest BCUT2D eigenvalue weighted by Gasteiger charge is -2.30. The van der Waals surface area contributed by atoms with Gasteiger partial charge in [0.25, 0.3) is 5.91 Å². The van der Waals surface area contributed by atoms with Gasteiger partial charge < -0.3 is 15.1 Å². The summed E-state index contributed by atoms with van der Waals surface area (Å²) in [5.74, 6) is -0.115. The molecule has 0 saturated carbocycles. The van der Waals surface area contributed by atoms with Crippen LogP contribution in [0.4, 0.5) is 11.4 Å². The van der Waals surface area contributed by atoms with E-state index in [1.807, 2.05) is 49.1 Å². The minimum absolute atomic E-state index is 0.00907. The maximum atomic E-state index is 12.9. The summed E-state index contributed by atoms with van der Waals surface area (Å²) >= 11 is 1.44. The van der Waals surface area contributed by atoms with Gasteiger partial charge in [-0.15, -0.1) is 11.8 Å². The Bertz CT molecular complexity index is 1030. The number of amides is 3. The van der Waals surface area contributed by atoms with Crippen LogP contribution in [0.2, 0.25) is 0 Å². The van der Waals surface area contributed by atoms with E-state index in [2.05, 4.69) is 5.32 Å². The van der Waals surface area contributed by atoms with Gasteiger partial charge in [0.15, 0.2) is 0 Å². The lowest BCUT2D eigenvalue weighted by molar-refractivity contribution is -0.120. The number of hydrogen-bond acceptors (Lipinski definition) is 4. The molecule has 6 nitrogen and oxygen atoms in total. The van der Waals surface area contributed by atoms with Crippen LogP contribution < -0.4 is 10.2 Å². The molecule has 0 aromatic heterocycles. The number of likely N-dealkylation sites (tertiary alicyclic amines) is 1. The second-order valence-corrected chi connectivity index (χ2v) is 9.19. The average molecular weight is 438 g/mol. The highest BCUT2D eigenvalue weighted by Gasteiger charge is 2.28. The van der Waals surface area contributed by atoms with Crippen LogP contribution in [0.15, 0.2) is 41.3 Å². The van der Waals surface area contributed by atoms with Gasteiger partial charge in [0.1, 0.15) is 6.54 Å². The summed E-state index contributed by atoms with van der Waals surface area (Å²) in [6.45, 7) is 5.40. The molecule has 0 aliphatic carbocycles. The second-order valence-electron chi connectivity index (χ2n) is 8.17. The van der Waals surface area contributed by atoms with Gasteiger partial charge in [0, 0.05) is 29.2 Å². The molecule has 4 rings (SSSR count). The molecule has 3 amide bonds. The third kappa shape index (κ3) is 4.77. The number of fused-ring (bicyclic) bond motifs is 1. The van der Waals surface area contributed by atoms with E-state index in [1.54, 1.807) is 6.07 Å². The standard InChI is InChI=1S/C24H27N3O3S/c1-16-6-8-19(17(2)12-16)25-22(28)14-27-20-13-18(7-9-21(20)31-15-23(27)29)24(30)26-10-4-3-5-11-26/h6-9,12-13H,3-5,10-11,14-15H2,1-2H3,(H,25,28). The number of anilines is 2. The Morgan fingerprint density at radius 1 is 1.03 bits per heavy atom. The fraction of sp³-hybridized carbons (Fsp3) is 0.375. The zero-order chi connectivity index (χ0) is 22.0. The van der Waals surface area contributed by atoms with Gasteiger partial charge in [-0.2, -0.15) is 0 Å². The minimum Gasteiger partial charge on any atom is -0.339 e. The van der Waals surface area contributed by atoms with Crippen LogP contribution in [0, 0.1) is 13.8 Å². The Kier molecular flexibility index (Phi) is 6.32. The normalized spacial score (nSPS) is 16.1. The summed E-state index contributed by atoms with van der Waals surface area (Å²) < 4.78 is 0. The summed E-state index contributed by atoms with van der Waals surface area (Å²) in [5, 5.41) is 2.91. The number of carbonyl (C=O) groups is 3. The molecule has 1 N–H and O–H groups in total. The first kappa shape index (κ1) is 21.4. The molecule has 2 heterocycles. The molecule has 162 valence electrons. The number of thioether (sulfide) groups is 1. The fourth-order valence-corrected chi connectivity index (χ4v) is 4.99. The van der Waals surface area contributed by atoms with E-state index in [1.165, 1.54) is 16.7 Å². The lowest BCUT2D eigenvalue weighted by atomic mass is 10.1. The Balaban J connectivity index is 1.54. The van der Waals surface area contributed by atoms with Crippen molar-refractivity contribution in [3.63, 3.8) is 0 Å². The number of aryl methyl sites for hydroxylation is 2. The molecule has 31 heavy (non-hydrogen) atoms. The molecule has 2 aromatic carbocycles. The zero-order valence-electron chi connectivity index (χ0n) is 17.9. The van der Waals surface area contributed by atoms with Gasteiger partial charge in [-0.25, -0.2) is 0 Å². The first-order valence-electron chi connectivity index (χ1n) is 10.7. The average Bonchev–Trinajstić information content (AvgIpc) is 2.77. The molecular weight excluding hydrogens is 410 g/mol. The van der Waals surface area contributed by atoms with Crippen molar-refractivity contribution in [2.75, 3.05) is 35.6 Å². The quantitative estimate of drug-likeness (QED) is 0.785. The van der Waals surface area contributed by atoms with E-state index < -0.39 is 0 Å². The van der Waals surface area contributed by atoms with E-state index in [0.29, 0.717) is 11.3 Å². The fourth-order valence-electron chi connectivity index (χ4n) is 4.08. The third-order valence-electron chi connectivity index (χ3n) is 5.75. The van der Waals surface area contributed by atoms with Crippen molar-refractivity contribution in [3.8, 4) is 0 Å². The van der Waals surface area contributed by atoms with Crippen LogP contribution >= 0.6 is 11.8 Å². The number of rotatable bonds is 4. The Labute approximate surface area is 187 Å². The van der Waals surface area contributed by atoms with Crippen molar-refractivity contribution in [1.29, 1.82) is 0 Å². The van der Waals surface area contributed by atoms with Crippen LogP contribution in [0.5, 0.6) is 0 Å². The van der Waals surface area contributed by atoms with Crippen molar-refractivity contribution in [3.05, 3.63) is 53.1 Å². The first-order chi connectivity index (χ1) is 14.9. The minimum atomic E-state index is -0.258. The van der Waals surface area contributed by atoms with Gasteiger partial charge >= 0.3 is 0 Å². The van der Waals surface area contributed by atoms with Gasteiger partial charge in [-0.1, -0.05) is 17.7 Å². The van der Waals surface area contributed by atoms with Crippen LogP contribution in [-0.2, 0) is 9.59 Å². The highest BCUT2D eigenvalue weighted by atomic mass is 32.2. The number of piperidine rings is 1. The number of nitrogens with one attached hydrogen (secondary N) is 1. The third-order valence-corrected chi connectivity index (χ3v) is 6.80. The number of hydrogen-bond donors (Lipinski definition) is 1. The van der Waals surface area contributed by atoms with E-state index in [-0.39, 0.29) is 30.0 Å². The highest BCUT2D eigenvalue weighted by molar-refractivity contribution is 8.00. The molecule has 0 radical (unpaired) electrons. The van der Waals surface area contributed by atoms with Gasteiger partial charge in [0.05, 0.1) is 11.4 Å². The Hall–Kier alpha value is -2.80. The molecule has 2 aliphatic rings. The second kappa shape index (κ2) is 9.14. The van der Waals surface area contributed by atoms with Crippen molar-refractivity contribution in [1.82, 2.24) is 4.90 Å². The molecule has 2 aromatic rings. The Morgan fingerprint density at radius 3 is 2.55 bits per heavy atom. The maximum Gasteiger partial charge on any atom is 0.253 e. The molecule has 0 bridgehead atoms. The SMILES string of the molecule is Cc1ccc(NC(=O)CN2C(=O)CSc3ccc(C(=O)N4CCCCC4)cc32)c(C)c1. The van der Waals surface area contributed by atoms with E-state index in [9.17, 15) is 14.4 Å². The molecule has 0 atom stereocenters. The molecule has 2 aliphatic heterocycles. The Morgan fingerprint density at radius 2 is 1.81 bits per heavy atom. The maximum absolute atomic E-state index is 12.9. The zero-order valence-corrected chi connectivity index (χ0v) is 18.8. The van der Waals surface area contributed by atoms with Gasteiger partial charge in [-0.05, 0) is 62.9 Å². The number of carbonyl (C=O) groups excluding carboxylic acids is 3. The molecule has 7 heteroatoms. The monoisotopic (exact) mass is 437 g/mol.